The molecule has 2 aromatic rings. The lowest BCUT2D eigenvalue weighted by Crippen LogP contribution is -2.02. The molecule has 110 valence electrons. The highest BCUT2D eigenvalue weighted by Gasteiger charge is 2.17. The molecule has 0 aromatic heterocycles. The summed E-state index contributed by atoms with van der Waals surface area (Å²) >= 11 is 0. The van der Waals surface area contributed by atoms with Gasteiger partial charge in [0.05, 0.1) is 0 Å². The number of phenols is 4. The molecule has 0 unspecified atom stereocenters. The van der Waals surface area contributed by atoms with Crippen molar-refractivity contribution in [1.82, 2.24) is 0 Å². The summed E-state index contributed by atoms with van der Waals surface area (Å²) in [6.45, 7) is 1.76. The molecular weight excluding hydrogens is 272 g/mol. The van der Waals surface area contributed by atoms with Crippen LogP contribution in [-0.2, 0) is 6.42 Å². The summed E-state index contributed by atoms with van der Waals surface area (Å²) in [5.41, 5.74) is 1.40. The summed E-state index contributed by atoms with van der Waals surface area (Å²) in [4.78, 5) is 12.1. The van der Waals surface area contributed by atoms with Gasteiger partial charge in [-0.3, -0.25) is 4.79 Å². The summed E-state index contributed by atoms with van der Waals surface area (Å²) in [6, 6.07) is 7.07. The Bertz CT molecular complexity index is 668. The zero-order valence-electron chi connectivity index (χ0n) is 11.5. The Morgan fingerprint density at radius 2 is 1.57 bits per heavy atom. The van der Waals surface area contributed by atoms with E-state index in [-0.39, 0.29) is 23.5 Å². The minimum Gasteiger partial charge on any atom is -0.508 e. The van der Waals surface area contributed by atoms with Gasteiger partial charge in [0.2, 0.25) is 0 Å². The molecule has 0 atom stereocenters. The van der Waals surface area contributed by atoms with Gasteiger partial charge in [-0.05, 0) is 30.5 Å². The molecule has 0 saturated carbocycles. The first-order chi connectivity index (χ1) is 9.88. The molecule has 0 saturated heterocycles. The van der Waals surface area contributed by atoms with E-state index in [9.17, 15) is 25.2 Å². The number of carbonyl (C=O) groups is 1. The summed E-state index contributed by atoms with van der Waals surface area (Å²) < 4.78 is 0. The van der Waals surface area contributed by atoms with Crippen LogP contribution in [0.15, 0.2) is 30.3 Å². The molecule has 0 heterocycles. The van der Waals surface area contributed by atoms with Gasteiger partial charge in [-0.15, -0.1) is 0 Å². The van der Waals surface area contributed by atoms with Gasteiger partial charge in [-0.2, -0.15) is 0 Å². The number of benzene rings is 2. The van der Waals surface area contributed by atoms with Gasteiger partial charge in [0.1, 0.15) is 28.6 Å². The van der Waals surface area contributed by atoms with Gasteiger partial charge in [0, 0.05) is 18.6 Å². The highest BCUT2D eigenvalue weighted by atomic mass is 16.3. The Morgan fingerprint density at radius 3 is 2.14 bits per heavy atom. The van der Waals surface area contributed by atoms with Crippen molar-refractivity contribution in [3.63, 3.8) is 0 Å². The van der Waals surface area contributed by atoms with E-state index in [2.05, 4.69) is 0 Å². The van der Waals surface area contributed by atoms with Crippen LogP contribution in [0.4, 0.5) is 0 Å². The fourth-order valence-electron chi connectivity index (χ4n) is 2.14. The van der Waals surface area contributed by atoms with Crippen LogP contribution < -0.4 is 0 Å². The highest BCUT2D eigenvalue weighted by molar-refractivity contribution is 6.01. The van der Waals surface area contributed by atoms with E-state index >= 15 is 0 Å². The quantitative estimate of drug-likeness (QED) is 0.648. The van der Waals surface area contributed by atoms with Gasteiger partial charge in [0.15, 0.2) is 5.78 Å². The van der Waals surface area contributed by atoms with Crippen LogP contribution in [-0.4, -0.2) is 26.2 Å². The van der Waals surface area contributed by atoms with Gasteiger partial charge < -0.3 is 20.4 Å². The first kappa shape index (κ1) is 14.7. The number of ketones is 1. The van der Waals surface area contributed by atoms with Crippen molar-refractivity contribution in [3.8, 4) is 23.0 Å². The van der Waals surface area contributed by atoms with Crippen molar-refractivity contribution in [2.24, 2.45) is 0 Å². The van der Waals surface area contributed by atoms with Gasteiger partial charge >= 0.3 is 0 Å². The van der Waals surface area contributed by atoms with Crippen LogP contribution in [0.5, 0.6) is 23.0 Å². The third-order valence-corrected chi connectivity index (χ3v) is 3.26. The fraction of sp³-hybridized carbons (Fsp3) is 0.188. The van der Waals surface area contributed by atoms with Crippen molar-refractivity contribution >= 4 is 5.78 Å². The van der Waals surface area contributed by atoms with Crippen molar-refractivity contribution in [3.05, 3.63) is 47.0 Å². The van der Waals surface area contributed by atoms with Crippen LogP contribution in [0.25, 0.3) is 0 Å². The molecule has 0 amide bonds. The largest absolute Gasteiger partial charge is 0.508 e. The minimum atomic E-state index is -0.445. The standard InChI is InChI=1S/C16H16O5/c1-9-6-10(2-4-12(9)18)3-5-13(19)16-14(20)7-11(17)8-15(16)21/h2,4,6-8,17-18,20-21H,3,5H2,1H3. The molecule has 0 bridgehead atoms. The van der Waals surface area contributed by atoms with E-state index in [0.29, 0.717) is 6.42 Å². The minimum absolute atomic E-state index is 0.0934. The second-order valence-corrected chi connectivity index (χ2v) is 4.90. The molecule has 0 aliphatic carbocycles. The molecule has 2 rings (SSSR count). The van der Waals surface area contributed by atoms with Crippen molar-refractivity contribution < 1.29 is 25.2 Å². The first-order valence-corrected chi connectivity index (χ1v) is 6.45. The maximum atomic E-state index is 12.1. The molecular formula is C16H16O5. The molecule has 0 aliphatic rings. The smallest absolute Gasteiger partial charge is 0.170 e. The molecule has 2 aromatic carbocycles. The molecule has 21 heavy (non-hydrogen) atoms. The van der Waals surface area contributed by atoms with E-state index in [4.69, 9.17) is 0 Å². The molecule has 4 N–H and O–H groups in total. The van der Waals surface area contributed by atoms with E-state index in [1.165, 1.54) is 0 Å². The SMILES string of the molecule is Cc1cc(CCC(=O)c2c(O)cc(O)cc2O)ccc1O. The fourth-order valence-corrected chi connectivity index (χ4v) is 2.14. The predicted octanol–water partition coefficient (Wildman–Crippen LogP) is 2.63. The van der Waals surface area contributed by atoms with Crippen LogP contribution in [0.1, 0.15) is 27.9 Å². The zero-order valence-corrected chi connectivity index (χ0v) is 11.5. The van der Waals surface area contributed by atoms with Crippen LogP contribution in [0.2, 0.25) is 0 Å². The summed E-state index contributed by atoms with van der Waals surface area (Å²) in [5, 5.41) is 37.9. The zero-order chi connectivity index (χ0) is 15.6. The number of phenolic OH excluding ortho intramolecular Hbond substituents is 4. The van der Waals surface area contributed by atoms with E-state index in [0.717, 1.165) is 23.3 Å². The highest BCUT2D eigenvalue weighted by Crippen LogP contribution is 2.33. The lowest BCUT2D eigenvalue weighted by Gasteiger charge is -2.08. The lowest BCUT2D eigenvalue weighted by molar-refractivity contribution is 0.0977. The average molecular weight is 288 g/mol. The number of rotatable bonds is 4. The lowest BCUT2D eigenvalue weighted by atomic mass is 10.00. The summed E-state index contributed by atoms with van der Waals surface area (Å²) in [7, 11) is 0. The number of Topliss-reactive ketones (excluding diaryl/α,β-unsaturated/α-hetero) is 1. The monoisotopic (exact) mass is 288 g/mol. The Hall–Kier alpha value is -2.69. The maximum absolute atomic E-state index is 12.1. The van der Waals surface area contributed by atoms with Crippen molar-refractivity contribution in [1.29, 1.82) is 0 Å². The Kier molecular flexibility index (Phi) is 4.03. The van der Waals surface area contributed by atoms with Crippen molar-refractivity contribution in [2.45, 2.75) is 19.8 Å². The molecule has 0 aliphatic heterocycles. The Balaban J connectivity index is 2.13. The average Bonchev–Trinajstić information content (AvgIpc) is 2.39. The number of aryl methyl sites for hydroxylation is 2. The number of hydrogen-bond acceptors (Lipinski definition) is 5. The van der Waals surface area contributed by atoms with Gasteiger partial charge in [-0.25, -0.2) is 0 Å². The predicted molar refractivity (Wildman–Crippen MR) is 76.9 cm³/mol. The molecule has 5 nitrogen and oxygen atoms in total. The molecule has 0 fully saturated rings. The maximum Gasteiger partial charge on any atom is 0.170 e. The molecule has 0 spiro atoms. The van der Waals surface area contributed by atoms with Crippen LogP contribution in [0.3, 0.4) is 0 Å². The van der Waals surface area contributed by atoms with Crippen LogP contribution in [0, 0.1) is 6.92 Å². The van der Waals surface area contributed by atoms with Gasteiger partial charge in [0.25, 0.3) is 0 Å². The van der Waals surface area contributed by atoms with E-state index in [1.807, 2.05) is 0 Å². The third kappa shape index (κ3) is 3.25. The molecule has 5 heteroatoms. The Labute approximate surface area is 121 Å². The van der Waals surface area contributed by atoms with E-state index in [1.54, 1.807) is 25.1 Å². The molecule has 0 radical (unpaired) electrons. The van der Waals surface area contributed by atoms with E-state index < -0.39 is 17.3 Å². The topological polar surface area (TPSA) is 98.0 Å². The summed E-state index contributed by atoms with van der Waals surface area (Å²) in [5.74, 6) is -1.43. The number of aromatic hydroxyl groups is 4. The number of carbonyl (C=O) groups excluding carboxylic acids is 1. The number of hydrogen-bond donors (Lipinski definition) is 4. The first-order valence-electron chi connectivity index (χ1n) is 6.45. The second-order valence-electron chi connectivity index (χ2n) is 4.90. The second kappa shape index (κ2) is 5.75. The van der Waals surface area contributed by atoms with Gasteiger partial charge in [-0.1, -0.05) is 12.1 Å². The van der Waals surface area contributed by atoms with Crippen molar-refractivity contribution in [2.75, 3.05) is 0 Å². The summed E-state index contributed by atoms with van der Waals surface area (Å²) in [6.07, 6.45) is 0.510. The Morgan fingerprint density at radius 1 is 0.952 bits per heavy atom. The van der Waals surface area contributed by atoms with Crippen LogP contribution >= 0.6 is 0 Å². The third-order valence-electron chi connectivity index (χ3n) is 3.26. The normalized spacial score (nSPS) is 10.5.